The van der Waals surface area contributed by atoms with Gasteiger partial charge in [-0.15, -0.1) is 0 Å². The van der Waals surface area contributed by atoms with E-state index in [-0.39, 0.29) is 6.42 Å². The van der Waals surface area contributed by atoms with E-state index in [2.05, 4.69) is 0 Å². The van der Waals surface area contributed by atoms with Crippen molar-refractivity contribution in [2.75, 3.05) is 0 Å². The van der Waals surface area contributed by atoms with Gasteiger partial charge in [0, 0.05) is 6.42 Å². The van der Waals surface area contributed by atoms with E-state index in [0.29, 0.717) is 13.0 Å². The first kappa shape index (κ1) is 17.5. The van der Waals surface area contributed by atoms with Gasteiger partial charge < -0.3 is 28.8 Å². The molecule has 0 amide bonds. The molecule has 5 atom stereocenters. The maximum atomic E-state index is 10.6. The van der Waals surface area contributed by atoms with Crippen molar-refractivity contribution in [2.45, 2.75) is 69.8 Å². The minimum Gasteiger partial charge on any atom is -0.390 e. The molecule has 2 aliphatic rings. The average Bonchev–Trinajstić information content (AvgIpc) is 3.03. The van der Waals surface area contributed by atoms with Gasteiger partial charge in [-0.2, -0.15) is 0 Å². The SMILES string of the molecule is CC1(C)O[C@H]2O[C@H]([C@H](O)CCC=O)[C@@H](OCc3ccccc3)[C@H]2O1. The third-order valence-electron chi connectivity index (χ3n) is 4.27. The lowest BCUT2D eigenvalue weighted by Crippen LogP contribution is -2.42. The highest BCUT2D eigenvalue weighted by Gasteiger charge is 2.56. The Morgan fingerprint density at radius 2 is 2.04 bits per heavy atom. The number of ether oxygens (including phenoxy) is 4. The molecule has 0 unspecified atom stereocenters. The lowest BCUT2D eigenvalue weighted by Gasteiger charge is -2.28. The molecule has 0 spiro atoms. The Morgan fingerprint density at radius 3 is 2.75 bits per heavy atom. The van der Waals surface area contributed by atoms with Gasteiger partial charge in [-0.1, -0.05) is 30.3 Å². The van der Waals surface area contributed by atoms with Crippen molar-refractivity contribution >= 4 is 6.29 Å². The number of aliphatic hydroxyl groups excluding tert-OH is 1. The molecule has 1 aromatic rings. The number of benzene rings is 1. The van der Waals surface area contributed by atoms with Crippen LogP contribution < -0.4 is 0 Å². The van der Waals surface area contributed by atoms with E-state index in [0.717, 1.165) is 11.8 Å². The molecular formula is C18H24O6. The standard InChI is InChI=1S/C18H24O6/c1-18(2)23-16-15(21-11-12-7-4-3-5-8-12)14(22-17(16)24-18)13(20)9-6-10-19/h3-5,7-8,10,13-17,20H,6,9,11H2,1-2H3/t13-,14-,15-,16-,17-/m1/s1. The second-order valence-electron chi connectivity index (χ2n) is 6.64. The second-order valence-corrected chi connectivity index (χ2v) is 6.64. The molecule has 0 bridgehead atoms. The lowest BCUT2D eigenvalue weighted by molar-refractivity contribution is -0.230. The third-order valence-corrected chi connectivity index (χ3v) is 4.27. The zero-order chi connectivity index (χ0) is 17.2. The molecule has 132 valence electrons. The van der Waals surface area contributed by atoms with Crippen molar-refractivity contribution in [1.29, 1.82) is 0 Å². The second kappa shape index (κ2) is 7.29. The number of hydrogen-bond acceptors (Lipinski definition) is 6. The van der Waals surface area contributed by atoms with Gasteiger partial charge in [0.1, 0.15) is 24.6 Å². The monoisotopic (exact) mass is 336 g/mol. The molecule has 2 heterocycles. The average molecular weight is 336 g/mol. The summed E-state index contributed by atoms with van der Waals surface area (Å²) in [6.45, 7) is 4.03. The van der Waals surface area contributed by atoms with Crippen LogP contribution in [0.15, 0.2) is 30.3 Å². The number of rotatable bonds is 7. The van der Waals surface area contributed by atoms with E-state index in [1.54, 1.807) is 0 Å². The molecular weight excluding hydrogens is 312 g/mol. The number of fused-ring (bicyclic) bond motifs is 1. The van der Waals surface area contributed by atoms with Crippen molar-refractivity contribution in [3.05, 3.63) is 35.9 Å². The summed E-state index contributed by atoms with van der Waals surface area (Å²) in [6.07, 6.45) is -1.45. The molecule has 3 rings (SSSR count). The molecule has 24 heavy (non-hydrogen) atoms. The van der Waals surface area contributed by atoms with Crippen LogP contribution in [-0.4, -0.2) is 47.9 Å². The largest absolute Gasteiger partial charge is 0.390 e. The fraction of sp³-hybridized carbons (Fsp3) is 0.611. The van der Waals surface area contributed by atoms with Crippen molar-refractivity contribution in [2.24, 2.45) is 0 Å². The predicted octanol–water partition coefficient (Wildman–Crippen LogP) is 1.79. The highest BCUT2D eigenvalue weighted by molar-refractivity contribution is 5.49. The lowest BCUT2D eigenvalue weighted by atomic mass is 10.0. The third kappa shape index (κ3) is 3.84. The smallest absolute Gasteiger partial charge is 0.190 e. The molecule has 0 radical (unpaired) electrons. The summed E-state index contributed by atoms with van der Waals surface area (Å²) in [5.41, 5.74) is 1.03. The first-order valence-corrected chi connectivity index (χ1v) is 8.28. The molecule has 6 nitrogen and oxygen atoms in total. The Kier molecular flexibility index (Phi) is 5.32. The van der Waals surface area contributed by atoms with Crippen LogP contribution in [0.25, 0.3) is 0 Å². The molecule has 0 aromatic heterocycles. The number of hydrogen-bond donors (Lipinski definition) is 1. The van der Waals surface area contributed by atoms with Gasteiger partial charge in [-0.3, -0.25) is 0 Å². The van der Waals surface area contributed by atoms with Crippen LogP contribution in [-0.2, 0) is 30.3 Å². The van der Waals surface area contributed by atoms with Crippen molar-refractivity contribution < 1.29 is 28.8 Å². The van der Waals surface area contributed by atoms with Crippen LogP contribution in [0, 0.1) is 0 Å². The highest BCUT2D eigenvalue weighted by atomic mass is 16.8. The van der Waals surface area contributed by atoms with Crippen molar-refractivity contribution in [3.8, 4) is 0 Å². The summed E-state index contributed by atoms with van der Waals surface area (Å²) in [7, 11) is 0. The summed E-state index contributed by atoms with van der Waals surface area (Å²) in [5.74, 6) is -0.748. The number of carbonyl (C=O) groups is 1. The molecule has 0 aliphatic carbocycles. The minimum absolute atomic E-state index is 0.273. The molecule has 2 saturated heterocycles. The number of carbonyl (C=O) groups excluding carboxylic acids is 1. The Bertz CT molecular complexity index is 546. The summed E-state index contributed by atoms with van der Waals surface area (Å²) >= 11 is 0. The molecule has 1 aromatic carbocycles. The zero-order valence-electron chi connectivity index (χ0n) is 14.0. The quantitative estimate of drug-likeness (QED) is 0.765. The van der Waals surface area contributed by atoms with Crippen LogP contribution in [0.5, 0.6) is 0 Å². The van der Waals surface area contributed by atoms with Crippen LogP contribution in [0.1, 0.15) is 32.3 Å². The van der Waals surface area contributed by atoms with E-state index < -0.39 is 36.5 Å². The van der Waals surface area contributed by atoms with Crippen LogP contribution in [0.3, 0.4) is 0 Å². The molecule has 0 saturated carbocycles. The van der Waals surface area contributed by atoms with E-state index in [4.69, 9.17) is 18.9 Å². The Hall–Kier alpha value is -1.31. The zero-order valence-corrected chi connectivity index (χ0v) is 14.0. The molecule has 2 fully saturated rings. The molecule has 2 aliphatic heterocycles. The van der Waals surface area contributed by atoms with Crippen LogP contribution >= 0.6 is 0 Å². The number of aldehydes is 1. The maximum absolute atomic E-state index is 10.6. The highest BCUT2D eigenvalue weighted by Crippen LogP contribution is 2.40. The summed E-state index contributed by atoms with van der Waals surface area (Å²) < 4.78 is 23.5. The molecule has 1 N–H and O–H groups in total. The van der Waals surface area contributed by atoms with Gasteiger partial charge >= 0.3 is 0 Å². The topological polar surface area (TPSA) is 74.2 Å². The van der Waals surface area contributed by atoms with Gasteiger partial charge in [0.15, 0.2) is 12.1 Å². The molecule has 6 heteroatoms. The summed E-state index contributed by atoms with van der Waals surface area (Å²) in [4.78, 5) is 10.6. The van der Waals surface area contributed by atoms with Gasteiger partial charge in [0.05, 0.1) is 12.7 Å². The van der Waals surface area contributed by atoms with Gasteiger partial charge in [-0.25, -0.2) is 0 Å². The Balaban J connectivity index is 1.70. The first-order valence-electron chi connectivity index (χ1n) is 8.28. The van der Waals surface area contributed by atoms with Gasteiger partial charge in [-0.05, 0) is 25.8 Å². The number of aliphatic hydroxyl groups is 1. The van der Waals surface area contributed by atoms with Crippen molar-refractivity contribution in [1.82, 2.24) is 0 Å². The van der Waals surface area contributed by atoms with Gasteiger partial charge in [0.25, 0.3) is 0 Å². The fourth-order valence-corrected chi connectivity index (χ4v) is 3.17. The predicted molar refractivity (Wildman–Crippen MR) is 85.0 cm³/mol. The summed E-state index contributed by atoms with van der Waals surface area (Å²) in [5, 5.41) is 10.4. The first-order chi connectivity index (χ1) is 11.5. The fourth-order valence-electron chi connectivity index (χ4n) is 3.17. The Labute approximate surface area is 141 Å². The van der Waals surface area contributed by atoms with E-state index in [9.17, 15) is 9.90 Å². The van der Waals surface area contributed by atoms with E-state index in [1.165, 1.54) is 0 Å². The van der Waals surface area contributed by atoms with E-state index >= 15 is 0 Å². The normalized spacial score (nSPS) is 32.5. The maximum Gasteiger partial charge on any atom is 0.190 e. The van der Waals surface area contributed by atoms with Crippen LogP contribution in [0.2, 0.25) is 0 Å². The minimum atomic E-state index is -0.808. The van der Waals surface area contributed by atoms with E-state index in [1.807, 2.05) is 44.2 Å². The van der Waals surface area contributed by atoms with Gasteiger partial charge in [0.2, 0.25) is 0 Å². The Morgan fingerprint density at radius 1 is 1.29 bits per heavy atom. The van der Waals surface area contributed by atoms with Crippen LogP contribution in [0.4, 0.5) is 0 Å². The van der Waals surface area contributed by atoms with Crippen molar-refractivity contribution in [3.63, 3.8) is 0 Å². The summed E-state index contributed by atoms with van der Waals surface area (Å²) in [6, 6.07) is 9.78.